The number of nitrogens with zero attached hydrogens (tertiary/aromatic N) is 1. The van der Waals surface area contributed by atoms with Crippen LogP contribution in [-0.2, 0) is 24.3 Å². The van der Waals surface area contributed by atoms with E-state index in [0.29, 0.717) is 38.4 Å². The molecule has 0 spiro atoms. The van der Waals surface area contributed by atoms with Crippen LogP contribution in [0.2, 0.25) is 0 Å². The standard InChI is InChI=1S/C17H30N2O5S/c1-13(16(20)18-12-14-6-4-3-5-7-14)24-17(21)15-8-10-19(11-9-15)25(2,22)23/h13-15H,3-12H2,1-2H3,(H,18,20). The lowest BCUT2D eigenvalue weighted by Crippen LogP contribution is -2.42. The molecular formula is C17H30N2O5S. The molecule has 1 amide bonds. The Hall–Kier alpha value is -1.15. The van der Waals surface area contributed by atoms with Crippen LogP contribution in [0.3, 0.4) is 0 Å². The summed E-state index contributed by atoms with van der Waals surface area (Å²) >= 11 is 0. The minimum atomic E-state index is -3.21. The molecule has 0 bridgehead atoms. The highest BCUT2D eigenvalue weighted by Crippen LogP contribution is 2.23. The van der Waals surface area contributed by atoms with Crippen LogP contribution < -0.4 is 5.32 Å². The van der Waals surface area contributed by atoms with Crippen molar-refractivity contribution in [1.82, 2.24) is 9.62 Å². The Morgan fingerprint density at radius 3 is 2.28 bits per heavy atom. The fraction of sp³-hybridized carbons (Fsp3) is 0.882. The van der Waals surface area contributed by atoms with Crippen LogP contribution in [-0.4, -0.2) is 56.6 Å². The molecule has 25 heavy (non-hydrogen) atoms. The molecule has 0 aromatic carbocycles. The lowest BCUT2D eigenvalue weighted by atomic mass is 9.89. The second-order valence-corrected chi connectivity index (χ2v) is 9.25. The lowest BCUT2D eigenvalue weighted by Gasteiger charge is -2.29. The molecule has 144 valence electrons. The van der Waals surface area contributed by atoms with E-state index in [2.05, 4.69) is 5.32 Å². The van der Waals surface area contributed by atoms with Gasteiger partial charge in [-0.05, 0) is 38.5 Å². The molecule has 2 fully saturated rings. The number of hydrogen-bond donors (Lipinski definition) is 1. The summed E-state index contributed by atoms with van der Waals surface area (Å²) in [5, 5.41) is 2.88. The molecular weight excluding hydrogens is 344 g/mol. The van der Waals surface area contributed by atoms with Crippen molar-refractivity contribution in [3.63, 3.8) is 0 Å². The zero-order chi connectivity index (χ0) is 18.4. The second-order valence-electron chi connectivity index (χ2n) is 7.26. The maximum Gasteiger partial charge on any atom is 0.309 e. The normalized spacial score (nSPS) is 22.3. The monoisotopic (exact) mass is 374 g/mol. The van der Waals surface area contributed by atoms with Gasteiger partial charge in [0.25, 0.3) is 5.91 Å². The van der Waals surface area contributed by atoms with Gasteiger partial charge in [-0.15, -0.1) is 0 Å². The van der Waals surface area contributed by atoms with Crippen molar-refractivity contribution >= 4 is 21.9 Å². The van der Waals surface area contributed by atoms with Gasteiger partial charge in [0.15, 0.2) is 6.10 Å². The van der Waals surface area contributed by atoms with E-state index in [1.807, 2.05) is 0 Å². The Balaban J connectivity index is 1.71. The molecule has 1 N–H and O–H groups in total. The number of ether oxygens (including phenoxy) is 1. The Kier molecular flexibility index (Phi) is 7.25. The number of esters is 1. The van der Waals surface area contributed by atoms with Crippen molar-refractivity contribution in [2.45, 2.75) is 58.0 Å². The maximum atomic E-state index is 12.2. The van der Waals surface area contributed by atoms with Crippen molar-refractivity contribution < 1.29 is 22.7 Å². The Morgan fingerprint density at radius 1 is 1.12 bits per heavy atom. The van der Waals surface area contributed by atoms with Gasteiger partial charge in [-0.3, -0.25) is 9.59 Å². The quantitative estimate of drug-likeness (QED) is 0.707. The molecule has 1 heterocycles. The number of piperidine rings is 1. The summed E-state index contributed by atoms with van der Waals surface area (Å²) in [5.41, 5.74) is 0. The zero-order valence-electron chi connectivity index (χ0n) is 15.2. The van der Waals surface area contributed by atoms with Crippen LogP contribution in [0.5, 0.6) is 0 Å². The molecule has 8 heteroatoms. The first-order chi connectivity index (χ1) is 11.8. The number of carbonyl (C=O) groups excluding carboxylic acids is 2. The van der Waals surface area contributed by atoms with Crippen LogP contribution in [0.1, 0.15) is 51.9 Å². The van der Waals surface area contributed by atoms with Gasteiger partial charge in [-0.25, -0.2) is 12.7 Å². The predicted octanol–water partition coefficient (Wildman–Crippen LogP) is 1.29. The van der Waals surface area contributed by atoms with E-state index in [0.717, 1.165) is 12.8 Å². The first kappa shape index (κ1) is 20.2. The number of hydrogen-bond acceptors (Lipinski definition) is 5. The predicted molar refractivity (Wildman–Crippen MR) is 94.3 cm³/mol. The molecule has 1 aliphatic heterocycles. The molecule has 1 atom stereocenters. The topological polar surface area (TPSA) is 92.8 Å². The van der Waals surface area contributed by atoms with Crippen molar-refractivity contribution in [3.05, 3.63) is 0 Å². The Labute approximate surface area is 150 Å². The molecule has 1 saturated carbocycles. The average Bonchev–Trinajstić information content (AvgIpc) is 2.59. The van der Waals surface area contributed by atoms with Crippen LogP contribution in [0.25, 0.3) is 0 Å². The van der Waals surface area contributed by atoms with Gasteiger partial charge >= 0.3 is 5.97 Å². The highest BCUT2D eigenvalue weighted by Gasteiger charge is 2.31. The van der Waals surface area contributed by atoms with Crippen molar-refractivity contribution in [3.8, 4) is 0 Å². The molecule has 0 aromatic rings. The summed E-state index contributed by atoms with van der Waals surface area (Å²) in [6, 6.07) is 0. The summed E-state index contributed by atoms with van der Waals surface area (Å²) in [6.07, 6.45) is 7.23. The number of sulfonamides is 1. The molecule has 1 aliphatic carbocycles. The third-order valence-corrected chi connectivity index (χ3v) is 6.51. The van der Waals surface area contributed by atoms with E-state index >= 15 is 0 Å². The summed E-state index contributed by atoms with van der Waals surface area (Å²) in [5.74, 6) is -0.478. The van der Waals surface area contributed by atoms with Gasteiger partial charge in [-0.2, -0.15) is 0 Å². The molecule has 0 aromatic heterocycles. The highest BCUT2D eigenvalue weighted by molar-refractivity contribution is 7.88. The molecule has 2 aliphatic rings. The van der Waals surface area contributed by atoms with Gasteiger partial charge in [0.05, 0.1) is 12.2 Å². The van der Waals surface area contributed by atoms with Gasteiger partial charge in [0, 0.05) is 19.6 Å². The number of amides is 1. The fourth-order valence-corrected chi connectivity index (χ4v) is 4.40. The molecule has 7 nitrogen and oxygen atoms in total. The third kappa shape index (κ3) is 6.26. The van der Waals surface area contributed by atoms with Crippen LogP contribution in [0.4, 0.5) is 0 Å². The zero-order valence-corrected chi connectivity index (χ0v) is 16.0. The number of nitrogens with one attached hydrogen (secondary N) is 1. The second kappa shape index (κ2) is 8.98. The molecule has 1 unspecified atom stereocenters. The SMILES string of the molecule is CC(OC(=O)C1CCN(S(C)(=O)=O)CC1)C(=O)NCC1CCCCC1. The Morgan fingerprint density at radius 2 is 1.72 bits per heavy atom. The first-order valence-corrected chi connectivity index (χ1v) is 11.1. The minimum Gasteiger partial charge on any atom is -0.452 e. The van der Waals surface area contributed by atoms with Crippen molar-refractivity contribution in [1.29, 1.82) is 0 Å². The Bertz CT molecular complexity index is 564. The van der Waals surface area contributed by atoms with Gasteiger partial charge in [0.1, 0.15) is 0 Å². The summed E-state index contributed by atoms with van der Waals surface area (Å²) in [7, 11) is -3.21. The fourth-order valence-electron chi connectivity index (χ4n) is 3.53. The summed E-state index contributed by atoms with van der Waals surface area (Å²) in [6.45, 7) is 2.87. The number of rotatable bonds is 6. The van der Waals surface area contributed by atoms with Gasteiger partial charge < -0.3 is 10.1 Å². The molecule has 2 rings (SSSR count). The maximum absolute atomic E-state index is 12.2. The smallest absolute Gasteiger partial charge is 0.309 e. The van der Waals surface area contributed by atoms with Gasteiger partial charge in [-0.1, -0.05) is 19.3 Å². The molecule has 1 saturated heterocycles. The van der Waals surface area contributed by atoms with Crippen LogP contribution in [0, 0.1) is 11.8 Å². The molecule has 0 radical (unpaired) electrons. The summed E-state index contributed by atoms with van der Waals surface area (Å²) < 4.78 is 29.6. The van der Waals surface area contributed by atoms with E-state index in [-0.39, 0.29) is 11.8 Å². The van der Waals surface area contributed by atoms with E-state index in [9.17, 15) is 18.0 Å². The van der Waals surface area contributed by atoms with Crippen molar-refractivity contribution in [2.24, 2.45) is 11.8 Å². The summed E-state index contributed by atoms with van der Waals surface area (Å²) in [4.78, 5) is 24.3. The highest BCUT2D eigenvalue weighted by atomic mass is 32.2. The van der Waals surface area contributed by atoms with Crippen molar-refractivity contribution in [2.75, 3.05) is 25.9 Å². The van der Waals surface area contributed by atoms with E-state index in [4.69, 9.17) is 4.74 Å². The number of carbonyl (C=O) groups is 2. The average molecular weight is 375 g/mol. The lowest BCUT2D eigenvalue weighted by molar-refractivity contribution is -0.159. The van der Waals surface area contributed by atoms with E-state index in [1.54, 1.807) is 6.92 Å². The van der Waals surface area contributed by atoms with Crippen LogP contribution >= 0.6 is 0 Å². The minimum absolute atomic E-state index is 0.257. The largest absolute Gasteiger partial charge is 0.452 e. The van der Waals surface area contributed by atoms with E-state index in [1.165, 1.54) is 29.8 Å². The first-order valence-electron chi connectivity index (χ1n) is 9.20. The van der Waals surface area contributed by atoms with Crippen LogP contribution in [0.15, 0.2) is 0 Å². The third-order valence-electron chi connectivity index (χ3n) is 5.21. The van der Waals surface area contributed by atoms with Gasteiger partial charge in [0.2, 0.25) is 10.0 Å². The van der Waals surface area contributed by atoms with E-state index < -0.39 is 22.1 Å².